The number of ether oxygens (including phenoxy) is 1. The van der Waals surface area contributed by atoms with Crippen LogP contribution >= 0.6 is 0 Å². The van der Waals surface area contributed by atoms with Gasteiger partial charge in [0.25, 0.3) is 6.26 Å². The van der Waals surface area contributed by atoms with Gasteiger partial charge in [-0.3, -0.25) is 0 Å². The summed E-state index contributed by atoms with van der Waals surface area (Å²) < 4.78 is 4.58. The van der Waals surface area contributed by atoms with Gasteiger partial charge in [-0.15, -0.1) is 0 Å². The number of carbonyl (C=O) groups excluding carboxylic acids is 2. The molecular formula is C16H27N3O3. The maximum Gasteiger partial charge on any atom is 0.336 e. The molecule has 1 aliphatic rings. The van der Waals surface area contributed by atoms with Crippen LogP contribution in [0, 0.1) is 11.5 Å². The van der Waals surface area contributed by atoms with E-state index in [1.54, 1.807) is 6.26 Å². The summed E-state index contributed by atoms with van der Waals surface area (Å²) >= 11 is 0. The third-order valence-electron chi connectivity index (χ3n) is 3.85. The van der Waals surface area contributed by atoms with Crippen molar-refractivity contribution in [2.45, 2.75) is 64.7 Å². The highest BCUT2D eigenvalue weighted by atomic mass is 16.5. The number of urea groups is 2. The second-order valence-electron chi connectivity index (χ2n) is 5.64. The zero-order valence-corrected chi connectivity index (χ0v) is 13.6. The average Bonchev–Trinajstić information content (AvgIpc) is 2.53. The molecule has 1 saturated heterocycles. The smallest absolute Gasteiger partial charge is 0.336 e. The number of carbonyl (C=O) groups is 2. The molecule has 1 fully saturated rings. The Bertz CT molecular complexity index is 377. The van der Waals surface area contributed by atoms with E-state index in [0.29, 0.717) is 19.7 Å². The van der Waals surface area contributed by atoms with Gasteiger partial charge < -0.3 is 4.74 Å². The molecule has 0 aromatic heterocycles. The van der Waals surface area contributed by atoms with E-state index < -0.39 is 0 Å². The van der Waals surface area contributed by atoms with Gasteiger partial charge >= 0.3 is 12.1 Å². The summed E-state index contributed by atoms with van der Waals surface area (Å²) in [5.41, 5.74) is 0. The quantitative estimate of drug-likeness (QED) is 0.382. The van der Waals surface area contributed by atoms with Gasteiger partial charge in [-0.25, -0.2) is 19.4 Å². The number of hydrogen-bond acceptors (Lipinski definition) is 4. The lowest BCUT2D eigenvalue weighted by atomic mass is 10.1. The molecule has 0 radical (unpaired) electrons. The molecule has 0 saturated carbocycles. The Hall–Kier alpha value is -1.77. The van der Waals surface area contributed by atoms with Crippen LogP contribution in [0.2, 0.25) is 0 Å². The van der Waals surface area contributed by atoms with Crippen LogP contribution in [0.4, 0.5) is 9.59 Å². The molecule has 0 aromatic rings. The number of unbranched alkanes of at least 4 members (excludes halogenated alkanes) is 7. The van der Waals surface area contributed by atoms with Gasteiger partial charge in [0.2, 0.25) is 0 Å². The molecule has 0 unspecified atom stereocenters. The van der Waals surface area contributed by atoms with E-state index in [9.17, 15) is 9.59 Å². The molecule has 6 nitrogen and oxygen atoms in total. The van der Waals surface area contributed by atoms with E-state index in [-0.39, 0.29) is 12.1 Å². The SMILES string of the molecule is CCCCCCCN1C(=O)N(CCCCCCOC#N)C1=O. The Morgan fingerprint density at radius 1 is 0.864 bits per heavy atom. The number of rotatable bonds is 13. The predicted molar refractivity (Wildman–Crippen MR) is 83.0 cm³/mol. The second-order valence-corrected chi connectivity index (χ2v) is 5.64. The van der Waals surface area contributed by atoms with Crippen LogP contribution in [-0.4, -0.2) is 41.6 Å². The molecule has 124 valence electrons. The molecule has 0 atom stereocenters. The van der Waals surface area contributed by atoms with Gasteiger partial charge in [-0.1, -0.05) is 39.0 Å². The highest BCUT2D eigenvalue weighted by Crippen LogP contribution is 2.18. The van der Waals surface area contributed by atoms with Crippen molar-refractivity contribution in [2.24, 2.45) is 0 Å². The Morgan fingerprint density at radius 3 is 1.86 bits per heavy atom. The van der Waals surface area contributed by atoms with Crippen molar-refractivity contribution >= 4 is 12.1 Å². The normalized spacial score (nSPS) is 14.0. The van der Waals surface area contributed by atoms with Gasteiger partial charge in [0, 0.05) is 13.1 Å². The summed E-state index contributed by atoms with van der Waals surface area (Å²) in [4.78, 5) is 26.4. The number of imide groups is 2. The average molecular weight is 309 g/mol. The van der Waals surface area contributed by atoms with Crippen LogP contribution in [-0.2, 0) is 4.74 Å². The topological polar surface area (TPSA) is 73.6 Å². The Kier molecular flexibility index (Phi) is 9.04. The van der Waals surface area contributed by atoms with Crippen LogP contribution in [0.15, 0.2) is 0 Å². The summed E-state index contributed by atoms with van der Waals surface area (Å²) in [6.45, 7) is 3.67. The Morgan fingerprint density at radius 2 is 1.36 bits per heavy atom. The van der Waals surface area contributed by atoms with Gasteiger partial charge in [-0.2, -0.15) is 5.26 Å². The van der Waals surface area contributed by atoms with Gasteiger partial charge in [0.05, 0.1) is 0 Å². The predicted octanol–water partition coefficient (Wildman–Crippen LogP) is 3.87. The van der Waals surface area contributed by atoms with E-state index in [2.05, 4.69) is 11.7 Å². The van der Waals surface area contributed by atoms with Crippen molar-refractivity contribution in [1.82, 2.24) is 9.80 Å². The number of nitrogens with zero attached hydrogens (tertiary/aromatic N) is 3. The second kappa shape index (κ2) is 10.9. The third-order valence-corrected chi connectivity index (χ3v) is 3.85. The van der Waals surface area contributed by atoms with Crippen LogP contribution in [0.1, 0.15) is 64.7 Å². The van der Waals surface area contributed by atoms with E-state index in [4.69, 9.17) is 5.26 Å². The molecule has 0 aliphatic carbocycles. The van der Waals surface area contributed by atoms with E-state index in [1.165, 1.54) is 29.1 Å². The lowest BCUT2D eigenvalue weighted by Gasteiger charge is -2.39. The minimum absolute atomic E-state index is 0.145. The lowest BCUT2D eigenvalue weighted by molar-refractivity contribution is 0.103. The van der Waals surface area contributed by atoms with Crippen molar-refractivity contribution in [3.8, 4) is 6.26 Å². The maximum atomic E-state index is 11.9. The molecule has 22 heavy (non-hydrogen) atoms. The molecule has 0 bridgehead atoms. The Labute approximate surface area is 133 Å². The van der Waals surface area contributed by atoms with Crippen LogP contribution in [0.3, 0.4) is 0 Å². The first-order valence-electron chi connectivity index (χ1n) is 8.36. The molecular weight excluding hydrogens is 282 g/mol. The lowest BCUT2D eigenvalue weighted by Crippen LogP contribution is -2.64. The molecule has 1 heterocycles. The van der Waals surface area contributed by atoms with Gasteiger partial charge in [0.15, 0.2) is 0 Å². The largest absolute Gasteiger partial charge is 0.428 e. The molecule has 0 spiro atoms. The maximum absolute atomic E-state index is 11.9. The number of amides is 4. The number of hydrogen-bond donors (Lipinski definition) is 0. The van der Waals surface area contributed by atoms with Crippen molar-refractivity contribution in [3.05, 3.63) is 0 Å². The molecule has 6 heteroatoms. The van der Waals surface area contributed by atoms with Crippen molar-refractivity contribution < 1.29 is 14.3 Å². The fourth-order valence-electron chi connectivity index (χ4n) is 2.51. The zero-order valence-electron chi connectivity index (χ0n) is 13.6. The first-order chi connectivity index (χ1) is 10.7. The zero-order chi connectivity index (χ0) is 16.2. The summed E-state index contributed by atoms with van der Waals surface area (Å²) in [6, 6.07) is -0.290. The molecule has 1 rings (SSSR count). The van der Waals surface area contributed by atoms with Gasteiger partial charge in [0.1, 0.15) is 6.61 Å². The van der Waals surface area contributed by atoms with E-state index in [1.807, 2.05) is 0 Å². The summed E-state index contributed by atoms with van der Waals surface area (Å²) in [5.74, 6) is 0. The summed E-state index contributed by atoms with van der Waals surface area (Å²) in [5, 5.41) is 8.21. The third kappa shape index (κ3) is 5.92. The fourth-order valence-corrected chi connectivity index (χ4v) is 2.51. The van der Waals surface area contributed by atoms with Crippen molar-refractivity contribution in [3.63, 3.8) is 0 Å². The highest BCUT2D eigenvalue weighted by molar-refractivity contribution is 6.11. The monoisotopic (exact) mass is 309 g/mol. The molecule has 4 amide bonds. The van der Waals surface area contributed by atoms with Crippen molar-refractivity contribution in [1.29, 1.82) is 5.26 Å². The minimum Gasteiger partial charge on any atom is -0.428 e. The Balaban J connectivity index is 2.04. The molecule has 1 aliphatic heterocycles. The van der Waals surface area contributed by atoms with Gasteiger partial charge in [-0.05, 0) is 25.7 Å². The molecule has 0 N–H and O–H groups in total. The minimum atomic E-state index is -0.145. The van der Waals surface area contributed by atoms with Crippen molar-refractivity contribution in [2.75, 3.05) is 19.7 Å². The number of nitriles is 1. The molecule has 0 aromatic carbocycles. The van der Waals surface area contributed by atoms with E-state index in [0.717, 1.165) is 38.5 Å². The first-order valence-corrected chi connectivity index (χ1v) is 8.36. The van der Waals surface area contributed by atoms with Crippen LogP contribution < -0.4 is 0 Å². The van der Waals surface area contributed by atoms with Crippen LogP contribution in [0.5, 0.6) is 0 Å². The first kappa shape index (κ1) is 18.3. The standard InChI is InChI=1S/C16H27N3O3/c1-2-3-4-5-8-11-18-15(20)19(16(18)21)12-9-6-7-10-13-22-14-17/h2-13H2,1H3. The highest BCUT2D eigenvalue weighted by Gasteiger charge is 2.42. The fraction of sp³-hybridized carbons (Fsp3) is 0.812. The van der Waals surface area contributed by atoms with E-state index >= 15 is 0 Å². The summed E-state index contributed by atoms with van der Waals surface area (Å²) in [7, 11) is 0. The summed E-state index contributed by atoms with van der Waals surface area (Å²) in [6.07, 6.45) is 10.7. The van der Waals surface area contributed by atoms with Crippen LogP contribution in [0.25, 0.3) is 0 Å².